The van der Waals surface area contributed by atoms with Crippen molar-refractivity contribution >= 4 is 24.2 Å². The summed E-state index contributed by atoms with van der Waals surface area (Å²) < 4.78 is 4.48. The smallest absolute Gasteiger partial charge is 0.374 e. The van der Waals surface area contributed by atoms with Crippen molar-refractivity contribution in [2.75, 3.05) is 0 Å². The average molecular weight is 178 g/mol. The first-order valence-electron chi connectivity index (χ1n) is 2.96. The van der Waals surface area contributed by atoms with Gasteiger partial charge in [0, 0.05) is 5.25 Å². The lowest BCUT2D eigenvalue weighted by Gasteiger charge is -2.03. The molecule has 11 heavy (non-hydrogen) atoms. The third-order valence-corrected chi connectivity index (χ3v) is 1.17. The Morgan fingerprint density at radius 3 is 2.45 bits per heavy atom. The van der Waals surface area contributed by atoms with Crippen molar-refractivity contribution in [3.63, 3.8) is 0 Å². The average Bonchev–Trinajstić information content (AvgIpc) is 1.82. The summed E-state index contributed by atoms with van der Waals surface area (Å²) >= 11 is 0.962. The second-order valence-corrected chi connectivity index (χ2v) is 3.31. The predicted octanol–water partition coefficient (Wildman–Crippen LogP) is 0.848. The molecule has 0 saturated heterocycles. The Hall–Kier alpha value is -0.910. The van der Waals surface area contributed by atoms with Crippen molar-refractivity contribution in [3.05, 3.63) is 0 Å². The third-order valence-electron chi connectivity index (χ3n) is 0.542. The first-order chi connectivity index (χ1) is 5.02. The van der Waals surface area contributed by atoms with E-state index in [1.165, 1.54) is 0 Å². The lowest BCUT2D eigenvalue weighted by Crippen LogP contribution is -2.34. The minimum absolute atomic E-state index is 0.161. The summed E-state index contributed by atoms with van der Waals surface area (Å²) in [6.45, 7) is 3.70. The fraction of sp³-hybridized carbons (Fsp3) is 0.600. The van der Waals surface area contributed by atoms with Crippen LogP contribution in [-0.2, 0) is 4.18 Å². The SMILES string of the molecule is CC(C)SOC(=O)NC(N)=O. The normalized spacial score (nSPS) is 9.36. The van der Waals surface area contributed by atoms with E-state index in [0.717, 1.165) is 12.0 Å². The standard InChI is InChI=1S/C5H10N2O3S/c1-3(2)11-10-5(9)7-4(6)8/h3H,1-2H3,(H3,6,7,8,9). The van der Waals surface area contributed by atoms with Crippen LogP contribution in [0.1, 0.15) is 13.8 Å². The molecule has 0 aliphatic heterocycles. The van der Waals surface area contributed by atoms with Gasteiger partial charge in [0.1, 0.15) is 0 Å². The van der Waals surface area contributed by atoms with Crippen molar-refractivity contribution in [1.82, 2.24) is 5.32 Å². The molecule has 64 valence electrons. The van der Waals surface area contributed by atoms with E-state index in [4.69, 9.17) is 0 Å². The molecule has 0 atom stereocenters. The number of carbonyl (C=O) groups excluding carboxylic acids is 2. The van der Waals surface area contributed by atoms with E-state index in [9.17, 15) is 9.59 Å². The molecule has 0 aromatic carbocycles. The fourth-order valence-corrected chi connectivity index (χ4v) is 0.583. The van der Waals surface area contributed by atoms with E-state index in [1.54, 1.807) is 5.32 Å². The number of carbonyl (C=O) groups is 2. The van der Waals surface area contributed by atoms with Crippen LogP contribution in [0.15, 0.2) is 0 Å². The molecule has 0 aromatic rings. The molecule has 0 rings (SSSR count). The van der Waals surface area contributed by atoms with E-state index < -0.39 is 12.1 Å². The highest BCUT2D eigenvalue weighted by Gasteiger charge is 2.06. The quantitative estimate of drug-likeness (QED) is 0.614. The molecule has 0 aliphatic carbocycles. The van der Waals surface area contributed by atoms with Crippen LogP contribution in [-0.4, -0.2) is 17.4 Å². The van der Waals surface area contributed by atoms with E-state index in [0.29, 0.717) is 0 Å². The molecular weight excluding hydrogens is 168 g/mol. The molecule has 0 saturated carbocycles. The summed E-state index contributed by atoms with van der Waals surface area (Å²) in [5.41, 5.74) is 4.64. The van der Waals surface area contributed by atoms with Crippen LogP contribution < -0.4 is 11.1 Å². The highest BCUT2D eigenvalue weighted by molar-refractivity contribution is 7.95. The molecule has 0 radical (unpaired) electrons. The van der Waals surface area contributed by atoms with Crippen molar-refractivity contribution in [2.45, 2.75) is 19.1 Å². The number of primary amides is 1. The van der Waals surface area contributed by atoms with Crippen LogP contribution in [0.3, 0.4) is 0 Å². The molecule has 0 aromatic heterocycles. The predicted molar refractivity (Wildman–Crippen MR) is 41.9 cm³/mol. The number of nitrogens with two attached hydrogens (primary N) is 1. The summed E-state index contributed by atoms with van der Waals surface area (Å²) in [5.74, 6) is 0. The highest BCUT2D eigenvalue weighted by Crippen LogP contribution is 2.09. The maximum Gasteiger partial charge on any atom is 0.427 e. The topological polar surface area (TPSA) is 81.4 Å². The molecule has 0 unspecified atom stereocenters. The maximum absolute atomic E-state index is 10.5. The van der Waals surface area contributed by atoms with Crippen LogP contribution in [0.5, 0.6) is 0 Å². The van der Waals surface area contributed by atoms with Gasteiger partial charge in [0.15, 0.2) is 0 Å². The van der Waals surface area contributed by atoms with Gasteiger partial charge in [-0.1, -0.05) is 13.8 Å². The number of urea groups is 1. The number of nitrogens with one attached hydrogen (secondary N) is 1. The van der Waals surface area contributed by atoms with Gasteiger partial charge < -0.3 is 9.92 Å². The summed E-state index contributed by atoms with van der Waals surface area (Å²) in [6, 6.07) is -0.917. The number of rotatable bonds is 2. The van der Waals surface area contributed by atoms with Crippen molar-refractivity contribution < 1.29 is 13.8 Å². The van der Waals surface area contributed by atoms with Crippen LogP contribution in [0.2, 0.25) is 0 Å². The largest absolute Gasteiger partial charge is 0.427 e. The first kappa shape index (κ1) is 10.1. The van der Waals surface area contributed by atoms with Crippen molar-refractivity contribution in [3.8, 4) is 0 Å². The number of amides is 3. The van der Waals surface area contributed by atoms with Crippen molar-refractivity contribution in [1.29, 1.82) is 0 Å². The molecule has 0 heterocycles. The van der Waals surface area contributed by atoms with Gasteiger partial charge in [-0.2, -0.15) is 0 Å². The van der Waals surface area contributed by atoms with E-state index in [2.05, 4.69) is 9.92 Å². The molecular formula is C5H10N2O3S. The fourth-order valence-electron chi connectivity index (χ4n) is 0.261. The second kappa shape index (κ2) is 4.84. The zero-order valence-electron chi connectivity index (χ0n) is 6.29. The number of hydrogen-bond acceptors (Lipinski definition) is 4. The Balaban J connectivity index is 3.46. The van der Waals surface area contributed by atoms with Gasteiger partial charge in [0.2, 0.25) is 0 Å². The molecule has 0 bridgehead atoms. The molecule has 3 amide bonds. The van der Waals surface area contributed by atoms with E-state index >= 15 is 0 Å². The summed E-state index contributed by atoms with van der Waals surface area (Å²) in [7, 11) is 0. The Bertz CT molecular complexity index is 160. The van der Waals surface area contributed by atoms with Gasteiger partial charge in [-0.25, -0.2) is 14.9 Å². The summed E-state index contributed by atoms with van der Waals surface area (Å²) in [5, 5.41) is 1.92. The number of imide groups is 1. The van der Waals surface area contributed by atoms with Gasteiger partial charge in [0.25, 0.3) is 0 Å². The number of hydrogen-bond donors (Lipinski definition) is 2. The van der Waals surface area contributed by atoms with Gasteiger partial charge in [0.05, 0.1) is 12.0 Å². The zero-order chi connectivity index (χ0) is 8.85. The van der Waals surface area contributed by atoms with Crippen LogP contribution in [0.4, 0.5) is 9.59 Å². The van der Waals surface area contributed by atoms with E-state index in [1.807, 2.05) is 13.8 Å². The Morgan fingerprint density at radius 1 is 1.55 bits per heavy atom. The van der Waals surface area contributed by atoms with Gasteiger partial charge in [-0.05, 0) is 0 Å². The summed E-state index contributed by atoms with van der Waals surface area (Å²) in [6.07, 6.45) is -0.837. The molecule has 0 spiro atoms. The van der Waals surface area contributed by atoms with Gasteiger partial charge in [-0.15, -0.1) is 0 Å². The second-order valence-electron chi connectivity index (χ2n) is 2.01. The third kappa shape index (κ3) is 6.98. The minimum atomic E-state index is -0.917. The Labute approximate surface area is 68.9 Å². The monoisotopic (exact) mass is 178 g/mol. The van der Waals surface area contributed by atoms with E-state index in [-0.39, 0.29) is 5.25 Å². The van der Waals surface area contributed by atoms with Crippen molar-refractivity contribution in [2.24, 2.45) is 5.73 Å². The molecule has 5 nitrogen and oxygen atoms in total. The van der Waals surface area contributed by atoms with Crippen LogP contribution in [0, 0.1) is 0 Å². The molecule has 6 heteroatoms. The van der Waals surface area contributed by atoms with Crippen LogP contribution >= 0.6 is 12.0 Å². The lowest BCUT2D eigenvalue weighted by molar-refractivity contribution is 0.205. The first-order valence-corrected chi connectivity index (χ1v) is 3.76. The lowest BCUT2D eigenvalue weighted by atomic mass is 10.6. The minimum Gasteiger partial charge on any atom is -0.374 e. The summed E-state index contributed by atoms with van der Waals surface area (Å²) in [4.78, 5) is 20.6. The maximum atomic E-state index is 10.5. The Morgan fingerprint density at radius 2 is 2.09 bits per heavy atom. The molecule has 0 aliphatic rings. The Kier molecular flexibility index (Phi) is 4.44. The molecule has 3 N–H and O–H groups in total. The van der Waals surface area contributed by atoms with Crippen LogP contribution in [0.25, 0.3) is 0 Å². The highest BCUT2D eigenvalue weighted by atomic mass is 32.2. The van der Waals surface area contributed by atoms with Gasteiger partial charge >= 0.3 is 12.1 Å². The zero-order valence-corrected chi connectivity index (χ0v) is 7.10. The van der Waals surface area contributed by atoms with Gasteiger partial charge in [-0.3, -0.25) is 0 Å². The molecule has 0 fully saturated rings.